The SMILES string of the molecule is CCn1c(=O)c2c(nc(N[C@@H]3CCCC[C@H]3C)n2Cc2cc3c(cc2Cl)OCO3)n(CCO)c1=O. The number of nitrogens with one attached hydrogen (secondary N) is 1. The minimum absolute atomic E-state index is 0.0384. The fourth-order valence-electron chi connectivity index (χ4n) is 5.08. The number of aliphatic hydroxyl groups is 1. The van der Waals surface area contributed by atoms with Gasteiger partial charge in [-0.2, -0.15) is 4.98 Å². The molecule has 2 atom stereocenters. The minimum Gasteiger partial charge on any atom is -0.454 e. The Labute approximate surface area is 207 Å². The molecule has 0 bridgehead atoms. The maximum Gasteiger partial charge on any atom is 0.332 e. The number of hydrogen-bond acceptors (Lipinski definition) is 7. The van der Waals surface area contributed by atoms with Crippen molar-refractivity contribution in [2.24, 2.45) is 5.92 Å². The van der Waals surface area contributed by atoms with E-state index in [1.807, 2.05) is 6.07 Å². The molecule has 2 aromatic heterocycles. The highest BCUT2D eigenvalue weighted by Crippen LogP contribution is 2.37. The molecule has 188 valence electrons. The maximum atomic E-state index is 13.5. The summed E-state index contributed by atoms with van der Waals surface area (Å²) in [7, 11) is 0. The van der Waals surface area contributed by atoms with E-state index in [4.69, 9.17) is 26.1 Å². The van der Waals surface area contributed by atoms with E-state index < -0.39 is 11.2 Å². The van der Waals surface area contributed by atoms with Crippen LogP contribution in [0.1, 0.15) is 45.1 Å². The van der Waals surface area contributed by atoms with Crippen LogP contribution in [0, 0.1) is 5.92 Å². The van der Waals surface area contributed by atoms with Crippen molar-refractivity contribution in [1.82, 2.24) is 18.7 Å². The fourth-order valence-corrected chi connectivity index (χ4v) is 5.30. The van der Waals surface area contributed by atoms with E-state index in [9.17, 15) is 14.7 Å². The maximum absolute atomic E-state index is 13.5. The van der Waals surface area contributed by atoms with Crippen LogP contribution in [-0.2, 0) is 19.6 Å². The zero-order valence-corrected chi connectivity index (χ0v) is 20.7. The molecule has 0 saturated heterocycles. The van der Waals surface area contributed by atoms with E-state index in [0.717, 1.165) is 24.8 Å². The first-order chi connectivity index (χ1) is 16.9. The van der Waals surface area contributed by atoms with Gasteiger partial charge >= 0.3 is 5.69 Å². The zero-order valence-electron chi connectivity index (χ0n) is 19.9. The highest BCUT2D eigenvalue weighted by atomic mass is 35.5. The first kappa shape index (κ1) is 23.7. The van der Waals surface area contributed by atoms with Crippen LogP contribution in [0.4, 0.5) is 5.95 Å². The summed E-state index contributed by atoms with van der Waals surface area (Å²) in [5.74, 6) is 2.11. The van der Waals surface area contributed by atoms with E-state index in [1.54, 1.807) is 17.6 Å². The van der Waals surface area contributed by atoms with Crippen LogP contribution in [-0.4, -0.2) is 43.2 Å². The van der Waals surface area contributed by atoms with Gasteiger partial charge in [0, 0.05) is 23.7 Å². The van der Waals surface area contributed by atoms with Gasteiger partial charge in [-0.3, -0.25) is 18.5 Å². The third-order valence-corrected chi connectivity index (χ3v) is 7.40. The largest absolute Gasteiger partial charge is 0.454 e. The predicted octanol–water partition coefficient (Wildman–Crippen LogP) is 2.79. The first-order valence-electron chi connectivity index (χ1n) is 12.1. The van der Waals surface area contributed by atoms with Crippen molar-refractivity contribution in [3.8, 4) is 11.5 Å². The van der Waals surface area contributed by atoms with Gasteiger partial charge in [-0.15, -0.1) is 0 Å². The van der Waals surface area contributed by atoms with Gasteiger partial charge in [0.1, 0.15) is 0 Å². The Kier molecular flexibility index (Phi) is 6.50. The number of anilines is 1. The lowest BCUT2D eigenvalue weighted by Crippen LogP contribution is -2.40. The molecule has 3 heterocycles. The number of aliphatic hydroxyl groups excluding tert-OH is 1. The standard InChI is InChI=1S/C24H30ClN5O5/c1-3-28-22(32)20-21(29(8-9-31)24(28)33)27-23(26-17-7-5-4-6-14(17)2)30(20)12-15-10-18-19(11-16(15)25)35-13-34-18/h10-11,14,17,31H,3-9,12-13H2,1-2H3,(H,26,27)/t14-,17-/m1/s1. The molecule has 2 aliphatic rings. The van der Waals surface area contributed by atoms with Gasteiger partial charge in [0.25, 0.3) is 5.56 Å². The van der Waals surface area contributed by atoms with Crippen LogP contribution in [0.3, 0.4) is 0 Å². The number of rotatable bonds is 7. The molecule has 2 N–H and O–H groups in total. The molecule has 3 aromatic rings. The van der Waals surface area contributed by atoms with Crippen molar-refractivity contribution in [1.29, 1.82) is 0 Å². The van der Waals surface area contributed by atoms with E-state index in [-0.39, 0.29) is 44.7 Å². The first-order valence-corrected chi connectivity index (χ1v) is 12.5. The molecule has 35 heavy (non-hydrogen) atoms. The molecule has 1 aliphatic heterocycles. The molecule has 10 nitrogen and oxygen atoms in total. The van der Waals surface area contributed by atoms with Crippen LogP contribution >= 0.6 is 11.6 Å². The van der Waals surface area contributed by atoms with Gasteiger partial charge in [-0.1, -0.05) is 31.4 Å². The highest BCUT2D eigenvalue weighted by Gasteiger charge is 2.27. The molecule has 1 aromatic carbocycles. The van der Waals surface area contributed by atoms with Crippen molar-refractivity contribution in [3.05, 3.63) is 43.6 Å². The summed E-state index contributed by atoms with van der Waals surface area (Å²) in [6.07, 6.45) is 4.43. The molecule has 0 radical (unpaired) electrons. The molecule has 1 aliphatic carbocycles. The van der Waals surface area contributed by atoms with Crippen molar-refractivity contribution < 1.29 is 14.6 Å². The summed E-state index contributed by atoms with van der Waals surface area (Å²) in [5.41, 5.74) is 0.372. The van der Waals surface area contributed by atoms with E-state index >= 15 is 0 Å². The third-order valence-electron chi connectivity index (χ3n) is 7.05. The monoisotopic (exact) mass is 503 g/mol. The normalized spacial score (nSPS) is 19.4. The number of imidazole rings is 1. The van der Waals surface area contributed by atoms with Gasteiger partial charge in [0.2, 0.25) is 12.7 Å². The Morgan fingerprint density at radius 1 is 1.14 bits per heavy atom. The molecule has 0 amide bonds. The molecule has 1 saturated carbocycles. The lowest BCUT2D eigenvalue weighted by molar-refractivity contribution is 0.174. The Hall–Kier alpha value is -2.98. The second-order valence-electron chi connectivity index (χ2n) is 9.21. The van der Waals surface area contributed by atoms with Crippen molar-refractivity contribution in [3.63, 3.8) is 0 Å². The van der Waals surface area contributed by atoms with Crippen molar-refractivity contribution >= 4 is 28.7 Å². The zero-order chi connectivity index (χ0) is 24.7. The molecular formula is C24H30ClN5O5. The Balaban J connectivity index is 1.71. The molecule has 0 spiro atoms. The van der Waals surface area contributed by atoms with Crippen molar-refractivity contribution in [2.75, 3.05) is 18.7 Å². The molecule has 11 heteroatoms. The summed E-state index contributed by atoms with van der Waals surface area (Å²) >= 11 is 6.59. The van der Waals surface area contributed by atoms with E-state index in [2.05, 4.69) is 12.2 Å². The lowest BCUT2D eigenvalue weighted by atomic mass is 9.86. The van der Waals surface area contributed by atoms with Crippen LogP contribution in [0.25, 0.3) is 11.2 Å². The molecule has 1 fully saturated rings. The number of nitrogens with zero attached hydrogens (tertiary/aromatic N) is 4. The predicted molar refractivity (Wildman–Crippen MR) is 133 cm³/mol. The number of hydrogen-bond donors (Lipinski definition) is 2. The summed E-state index contributed by atoms with van der Waals surface area (Å²) < 4.78 is 15.3. The number of benzene rings is 1. The summed E-state index contributed by atoms with van der Waals surface area (Å²) in [4.78, 5) is 31.3. The van der Waals surface area contributed by atoms with Gasteiger partial charge in [-0.05, 0) is 37.3 Å². The topological polar surface area (TPSA) is 113 Å². The average Bonchev–Trinajstić information content (AvgIpc) is 3.43. The summed E-state index contributed by atoms with van der Waals surface area (Å²) in [6.45, 7) is 4.32. The van der Waals surface area contributed by atoms with Gasteiger partial charge in [0.05, 0.1) is 19.7 Å². The number of fused-ring (bicyclic) bond motifs is 2. The smallest absolute Gasteiger partial charge is 0.332 e. The number of halogens is 1. The van der Waals surface area contributed by atoms with Crippen LogP contribution in [0.2, 0.25) is 5.02 Å². The van der Waals surface area contributed by atoms with Gasteiger partial charge < -0.3 is 19.9 Å². The van der Waals surface area contributed by atoms with E-state index in [0.29, 0.717) is 33.9 Å². The van der Waals surface area contributed by atoms with Crippen LogP contribution in [0.5, 0.6) is 11.5 Å². The second-order valence-corrected chi connectivity index (χ2v) is 9.62. The summed E-state index contributed by atoms with van der Waals surface area (Å²) in [6, 6.07) is 3.71. The molecular weight excluding hydrogens is 474 g/mol. The van der Waals surface area contributed by atoms with Gasteiger partial charge in [0.15, 0.2) is 22.7 Å². The summed E-state index contributed by atoms with van der Waals surface area (Å²) in [5, 5.41) is 13.7. The number of aromatic nitrogens is 4. The third kappa shape index (κ3) is 4.18. The Morgan fingerprint density at radius 3 is 2.60 bits per heavy atom. The Morgan fingerprint density at radius 2 is 1.89 bits per heavy atom. The fraction of sp³-hybridized carbons (Fsp3) is 0.542. The van der Waals surface area contributed by atoms with E-state index in [1.165, 1.54) is 15.6 Å². The van der Waals surface area contributed by atoms with Crippen LogP contribution < -0.4 is 26.0 Å². The lowest BCUT2D eigenvalue weighted by Gasteiger charge is -2.30. The molecule has 5 rings (SSSR count). The highest BCUT2D eigenvalue weighted by molar-refractivity contribution is 6.31. The van der Waals surface area contributed by atoms with Gasteiger partial charge in [-0.25, -0.2) is 4.79 Å². The Bertz CT molecular complexity index is 1380. The van der Waals surface area contributed by atoms with Crippen LogP contribution in [0.15, 0.2) is 21.7 Å². The quantitative estimate of drug-likeness (QED) is 0.509. The minimum atomic E-state index is -0.484. The number of ether oxygens (including phenoxy) is 2. The second kappa shape index (κ2) is 9.58. The average molecular weight is 504 g/mol. The van der Waals surface area contributed by atoms with Crippen molar-refractivity contribution in [2.45, 2.75) is 65.2 Å². The molecule has 0 unspecified atom stereocenters.